The highest BCUT2D eigenvalue weighted by molar-refractivity contribution is 7.22. The number of carbonyl (C=O) groups excluding carboxylic acids is 1. The number of nitrogens with zero attached hydrogens (tertiary/aromatic N) is 4. The van der Waals surface area contributed by atoms with Crippen LogP contribution in [0.3, 0.4) is 0 Å². The summed E-state index contributed by atoms with van der Waals surface area (Å²) in [6, 6.07) is 24.2. The molecule has 0 radical (unpaired) electrons. The van der Waals surface area contributed by atoms with E-state index in [0.717, 1.165) is 45.9 Å². The number of para-hydroxylation sites is 1. The number of aromatic nitrogens is 2. The number of hydrogen-bond acceptors (Lipinski definition) is 5. The highest BCUT2D eigenvalue weighted by Gasteiger charge is 2.26. The van der Waals surface area contributed by atoms with Crippen LogP contribution in [0.15, 0.2) is 72.8 Å². The van der Waals surface area contributed by atoms with Gasteiger partial charge in [-0.3, -0.25) is 4.79 Å². The summed E-state index contributed by atoms with van der Waals surface area (Å²) in [7, 11) is 0. The Hall–Kier alpha value is -3.77. The molecule has 3 aromatic carbocycles. The molecule has 0 aliphatic carbocycles. The van der Waals surface area contributed by atoms with Gasteiger partial charge < -0.3 is 9.80 Å². The van der Waals surface area contributed by atoms with Gasteiger partial charge in [-0.15, -0.1) is 0 Å². The molecule has 1 amide bonds. The zero-order valence-corrected chi connectivity index (χ0v) is 20.7. The fourth-order valence-corrected chi connectivity index (χ4v) is 5.81. The van der Waals surface area contributed by atoms with Gasteiger partial charge in [-0.2, -0.15) is 0 Å². The smallest absolute Gasteiger partial charge is 0.254 e. The maximum absolute atomic E-state index is 13.7. The third-order valence-electron chi connectivity index (χ3n) is 6.93. The molecular weight excluding hydrogens is 452 g/mol. The molecule has 6 rings (SSSR count). The summed E-state index contributed by atoms with van der Waals surface area (Å²) < 4.78 is 1.22. The molecule has 0 N–H and O–H groups in total. The Kier molecular flexibility index (Phi) is 5.46. The highest BCUT2D eigenvalue weighted by Crippen LogP contribution is 2.33. The van der Waals surface area contributed by atoms with E-state index in [1.165, 1.54) is 15.8 Å². The molecule has 1 fully saturated rings. The van der Waals surface area contributed by atoms with Crippen LogP contribution in [0.1, 0.15) is 21.5 Å². The summed E-state index contributed by atoms with van der Waals surface area (Å²) in [4.78, 5) is 27.8. The summed E-state index contributed by atoms with van der Waals surface area (Å²) in [5.74, 6) is 0.0659. The Labute approximate surface area is 208 Å². The number of amides is 1. The first-order valence-corrected chi connectivity index (χ1v) is 12.8. The minimum absolute atomic E-state index is 0.0659. The lowest BCUT2D eigenvalue weighted by molar-refractivity contribution is 0.0748. The van der Waals surface area contributed by atoms with Crippen LogP contribution in [0.2, 0.25) is 0 Å². The molecule has 1 aliphatic rings. The molecule has 0 spiro atoms. The number of aryl methyl sites for hydroxylation is 2. The number of rotatable bonds is 3. The molecule has 5 aromatic rings. The normalized spacial score (nSPS) is 14.1. The van der Waals surface area contributed by atoms with Crippen molar-refractivity contribution in [2.24, 2.45) is 0 Å². The summed E-state index contributed by atoms with van der Waals surface area (Å²) in [5.41, 5.74) is 7.01. The van der Waals surface area contributed by atoms with Gasteiger partial charge in [-0.25, -0.2) is 9.97 Å². The Morgan fingerprint density at radius 3 is 2.40 bits per heavy atom. The molecule has 0 bridgehead atoms. The molecule has 174 valence electrons. The Bertz CT molecular complexity index is 1550. The fourth-order valence-electron chi connectivity index (χ4n) is 4.73. The topological polar surface area (TPSA) is 49.3 Å². The van der Waals surface area contributed by atoms with E-state index in [0.29, 0.717) is 18.7 Å². The molecule has 1 saturated heterocycles. The van der Waals surface area contributed by atoms with Crippen molar-refractivity contribution in [3.05, 3.63) is 89.5 Å². The SMILES string of the molecule is Cc1ccc2sc(N3CCN(C(=O)c4cc(-c5ccccc5)nc5ccccc45)CC3)nc2c1C. The summed E-state index contributed by atoms with van der Waals surface area (Å²) in [6.07, 6.45) is 0. The molecule has 1 aliphatic heterocycles. The Balaban J connectivity index is 1.27. The Morgan fingerprint density at radius 2 is 1.60 bits per heavy atom. The van der Waals surface area contributed by atoms with Gasteiger partial charge in [0.2, 0.25) is 0 Å². The van der Waals surface area contributed by atoms with Gasteiger partial charge >= 0.3 is 0 Å². The van der Waals surface area contributed by atoms with Gasteiger partial charge in [0.15, 0.2) is 5.13 Å². The largest absolute Gasteiger partial charge is 0.345 e. The van der Waals surface area contributed by atoms with Crippen molar-refractivity contribution in [2.75, 3.05) is 31.1 Å². The fraction of sp³-hybridized carbons (Fsp3) is 0.207. The molecule has 0 saturated carbocycles. The lowest BCUT2D eigenvalue weighted by atomic mass is 10.0. The van der Waals surface area contributed by atoms with E-state index in [1.807, 2.05) is 65.6 Å². The predicted octanol–water partition coefficient (Wildman–Crippen LogP) is 6.09. The van der Waals surface area contributed by atoms with E-state index >= 15 is 0 Å². The van der Waals surface area contributed by atoms with Crippen LogP contribution in [-0.4, -0.2) is 47.0 Å². The van der Waals surface area contributed by atoms with Crippen molar-refractivity contribution in [1.29, 1.82) is 0 Å². The van der Waals surface area contributed by atoms with Crippen molar-refractivity contribution in [2.45, 2.75) is 13.8 Å². The van der Waals surface area contributed by atoms with Gasteiger partial charge in [0.25, 0.3) is 5.91 Å². The number of piperazine rings is 1. The molecular formula is C29H26N4OS. The van der Waals surface area contributed by atoms with E-state index in [-0.39, 0.29) is 5.91 Å². The van der Waals surface area contributed by atoms with Crippen LogP contribution in [0.5, 0.6) is 0 Å². The van der Waals surface area contributed by atoms with E-state index in [1.54, 1.807) is 11.3 Å². The van der Waals surface area contributed by atoms with Gasteiger partial charge in [0, 0.05) is 37.1 Å². The minimum atomic E-state index is 0.0659. The summed E-state index contributed by atoms with van der Waals surface area (Å²) >= 11 is 1.74. The first-order chi connectivity index (χ1) is 17.1. The number of anilines is 1. The van der Waals surface area contributed by atoms with Crippen molar-refractivity contribution in [3.63, 3.8) is 0 Å². The maximum atomic E-state index is 13.7. The van der Waals surface area contributed by atoms with E-state index in [2.05, 4.69) is 30.9 Å². The average molecular weight is 479 g/mol. The molecule has 3 heterocycles. The summed E-state index contributed by atoms with van der Waals surface area (Å²) in [5, 5.41) is 1.94. The zero-order chi connectivity index (χ0) is 23.9. The van der Waals surface area contributed by atoms with Gasteiger partial charge in [-0.1, -0.05) is 65.9 Å². The third kappa shape index (κ3) is 3.94. The average Bonchev–Trinajstić information content (AvgIpc) is 3.35. The van der Waals surface area contributed by atoms with Gasteiger partial charge in [-0.05, 0) is 43.2 Å². The second-order valence-corrected chi connectivity index (χ2v) is 10.1. The molecule has 5 nitrogen and oxygen atoms in total. The van der Waals surface area contributed by atoms with Crippen LogP contribution < -0.4 is 4.90 Å². The van der Waals surface area contributed by atoms with Crippen molar-refractivity contribution in [1.82, 2.24) is 14.9 Å². The maximum Gasteiger partial charge on any atom is 0.254 e. The molecule has 2 aromatic heterocycles. The van der Waals surface area contributed by atoms with Crippen LogP contribution in [0, 0.1) is 13.8 Å². The lowest BCUT2D eigenvalue weighted by Gasteiger charge is -2.34. The van der Waals surface area contributed by atoms with E-state index < -0.39 is 0 Å². The number of hydrogen-bond donors (Lipinski definition) is 0. The number of carbonyl (C=O) groups is 1. The third-order valence-corrected chi connectivity index (χ3v) is 8.01. The van der Waals surface area contributed by atoms with Crippen molar-refractivity contribution >= 4 is 43.5 Å². The first-order valence-electron chi connectivity index (χ1n) is 11.9. The van der Waals surface area contributed by atoms with E-state index in [9.17, 15) is 4.79 Å². The zero-order valence-electron chi connectivity index (χ0n) is 19.9. The second kappa shape index (κ2) is 8.78. The van der Waals surface area contributed by atoms with Crippen molar-refractivity contribution < 1.29 is 4.79 Å². The molecule has 6 heteroatoms. The van der Waals surface area contributed by atoms with Crippen LogP contribution in [0.4, 0.5) is 5.13 Å². The van der Waals surface area contributed by atoms with Gasteiger partial charge in [0.1, 0.15) is 0 Å². The van der Waals surface area contributed by atoms with Gasteiger partial charge in [0.05, 0.1) is 27.0 Å². The highest BCUT2D eigenvalue weighted by atomic mass is 32.1. The number of thiazole rings is 1. The number of fused-ring (bicyclic) bond motifs is 2. The van der Waals surface area contributed by atoms with Crippen LogP contribution in [0.25, 0.3) is 32.4 Å². The monoisotopic (exact) mass is 478 g/mol. The number of benzene rings is 3. The summed E-state index contributed by atoms with van der Waals surface area (Å²) in [6.45, 7) is 7.16. The lowest BCUT2D eigenvalue weighted by Crippen LogP contribution is -2.48. The minimum Gasteiger partial charge on any atom is -0.345 e. The van der Waals surface area contributed by atoms with Crippen LogP contribution in [-0.2, 0) is 0 Å². The molecule has 0 atom stereocenters. The predicted molar refractivity (Wildman–Crippen MR) is 144 cm³/mol. The Morgan fingerprint density at radius 1 is 0.857 bits per heavy atom. The van der Waals surface area contributed by atoms with E-state index in [4.69, 9.17) is 9.97 Å². The second-order valence-electron chi connectivity index (χ2n) is 9.07. The molecule has 0 unspecified atom stereocenters. The van der Waals surface area contributed by atoms with Crippen molar-refractivity contribution in [3.8, 4) is 11.3 Å². The molecule has 35 heavy (non-hydrogen) atoms. The number of pyridine rings is 1. The first kappa shape index (κ1) is 21.7. The van der Waals surface area contributed by atoms with Crippen LogP contribution >= 0.6 is 11.3 Å². The standard InChI is InChI=1S/C29H26N4OS/c1-19-12-13-26-27(20(19)2)31-29(35-26)33-16-14-32(15-17-33)28(34)23-18-25(21-8-4-3-5-9-21)30-24-11-7-6-10-22(23)24/h3-13,18H,14-17H2,1-2H3. The quantitative estimate of drug-likeness (QED) is 0.315.